The second-order valence-electron chi connectivity index (χ2n) is 6.26. The van der Waals surface area contributed by atoms with E-state index in [1.165, 1.54) is 5.56 Å². The van der Waals surface area contributed by atoms with E-state index >= 15 is 0 Å². The second kappa shape index (κ2) is 7.92. The van der Waals surface area contributed by atoms with E-state index in [0.29, 0.717) is 13.0 Å². The van der Waals surface area contributed by atoms with E-state index in [1.807, 2.05) is 17.0 Å². The average molecular weight is 391 g/mol. The molecule has 1 amide bonds. The van der Waals surface area contributed by atoms with E-state index in [-0.39, 0.29) is 5.91 Å². The third-order valence-electron chi connectivity index (χ3n) is 4.43. The van der Waals surface area contributed by atoms with Crippen molar-refractivity contribution in [1.82, 2.24) is 19.7 Å². The lowest BCUT2D eigenvalue weighted by atomic mass is 10.1. The van der Waals surface area contributed by atoms with Gasteiger partial charge in [0.2, 0.25) is 5.91 Å². The molecule has 1 aliphatic heterocycles. The summed E-state index contributed by atoms with van der Waals surface area (Å²) in [4.78, 5) is 14.2. The number of fused-ring (bicyclic) bond motifs is 1. The van der Waals surface area contributed by atoms with Crippen molar-refractivity contribution in [2.45, 2.75) is 52.1 Å². The maximum atomic E-state index is 12.3. The molecule has 0 saturated heterocycles. The highest BCUT2D eigenvalue weighted by Crippen LogP contribution is 2.18. The lowest BCUT2D eigenvalue weighted by Gasteiger charge is -2.28. The summed E-state index contributed by atoms with van der Waals surface area (Å²) in [7, 11) is 0. The number of nitrogens with zero attached hydrogens (tertiary/aromatic N) is 4. The summed E-state index contributed by atoms with van der Waals surface area (Å²) in [5, 5.41) is 8.66. The minimum absolute atomic E-state index is 0.242. The molecule has 3 rings (SSSR count). The van der Waals surface area contributed by atoms with E-state index in [1.54, 1.807) is 0 Å². The molecule has 1 aromatic heterocycles. The Kier molecular flexibility index (Phi) is 5.66. The molecule has 1 aromatic carbocycles. The molecule has 0 aliphatic carbocycles. The molecule has 0 N–H and O–H groups in total. The number of hydrogen-bond donors (Lipinski definition) is 0. The summed E-state index contributed by atoms with van der Waals surface area (Å²) in [5.41, 5.74) is 1.21. The summed E-state index contributed by atoms with van der Waals surface area (Å²) in [6.45, 7) is 4.27. The van der Waals surface area contributed by atoms with Crippen LogP contribution >= 0.6 is 15.9 Å². The minimum atomic E-state index is 0.242. The minimum Gasteiger partial charge on any atom is -0.333 e. The summed E-state index contributed by atoms with van der Waals surface area (Å²) in [6.07, 6.45) is 4.64. The Morgan fingerprint density at radius 1 is 1.25 bits per heavy atom. The van der Waals surface area contributed by atoms with Gasteiger partial charge in [0.05, 0.1) is 6.54 Å². The average Bonchev–Trinajstić information content (AvgIpc) is 2.97. The van der Waals surface area contributed by atoms with Crippen LogP contribution in [0.15, 0.2) is 28.7 Å². The van der Waals surface area contributed by atoms with Gasteiger partial charge in [-0.1, -0.05) is 47.8 Å². The summed E-state index contributed by atoms with van der Waals surface area (Å²) >= 11 is 3.50. The summed E-state index contributed by atoms with van der Waals surface area (Å²) in [5.74, 6) is 2.11. The van der Waals surface area contributed by atoms with Crippen molar-refractivity contribution in [3.63, 3.8) is 0 Å². The van der Waals surface area contributed by atoms with Crippen molar-refractivity contribution in [3.05, 3.63) is 46.0 Å². The van der Waals surface area contributed by atoms with Gasteiger partial charge in [-0.15, -0.1) is 10.2 Å². The normalized spacial score (nSPS) is 13.8. The molecule has 0 atom stereocenters. The fraction of sp³-hybridized carbons (Fsp3) is 0.500. The van der Waals surface area contributed by atoms with Crippen molar-refractivity contribution >= 4 is 21.8 Å². The van der Waals surface area contributed by atoms with Crippen LogP contribution in [-0.4, -0.2) is 32.1 Å². The van der Waals surface area contributed by atoms with Gasteiger partial charge in [-0.25, -0.2) is 0 Å². The van der Waals surface area contributed by atoms with E-state index in [2.05, 4.69) is 49.8 Å². The number of amides is 1. The van der Waals surface area contributed by atoms with Crippen LogP contribution in [0.4, 0.5) is 0 Å². The molecule has 0 unspecified atom stereocenters. The number of carbonyl (C=O) groups excluding carboxylic acids is 1. The topological polar surface area (TPSA) is 51.0 Å². The van der Waals surface area contributed by atoms with Gasteiger partial charge in [0, 0.05) is 30.4 Å². The van der Waals surface area contributed by atoms with Gasteiger partial charge in [-0.3, -0.25) is 4.79 Å². The van der Waals surface area contributed by atoms with E-state index in [4.69, 9.17) is 0 Å². The predicted molar refractivity (Wildman–Crippen MR) is 96.5 cm³/mol. The number of rotatable bonds is 6. The number of aromatic nitrogens is 3. The number of halogens is 1. The molecule has 6 heteroatoms. The maximum Gasteiger partial charge on any atom is 0.223 e. The first-order valence-electron chi connectivity index (χ1n) is 8.60. The SMILES string of the molecule is CCCCCC(=O)N1CCn2c(Cc3cccc(Br)c3)nnc2C1. The fourth-order valence-electron chi connectivity index (χ4n) is 3.08. The molecular formula is C18H23BrN4O. The van der Waals surface area contributed by atoms with E-state index < -0.39 is 0 Å². The van der Waals surface area contributed by atoms with Crippen molar-refractivity contribution in [3.8, 4) is 0 Å². The quantitative estimate of drug-likeness (QED) is 0.708. The third-order valence-corrected chi connectivity index (χ3v) is 4.92. The van der Waals surface area contributed by atoms with Crippen LogP contribution in [0.3, 0.4) is 0 Å². The van der Waals surface area contributed by atoms with E-state index in [9.17, 15) is 4.79 Å². The zero-order valence-electron chi connectivity index (χ0n) is 14.0. The number of unbranched alkanes of at least 4 members (excludes halogenated alkanes) is 2. The molecule has 0 radical (unpaired) electrons. The van der Waals surface area contributed by atoms with Crippen molar-refractivity contribution in [2.75, 3.05) is 6.54 Å². The molecular weight excluding hydrogens is 368 g/mol. The smallest absolute Gasteiger partial charge is 0.223 e. The first-order valence-corrected chi connectivity index (χ1v) is 9.40. The molecule has 128 valence electrons. The number of hydrogen-bond acceptors (Lipinski definition) is 3. The Bertz CT molecular complexity index is 713. The number of benzene rings is 1. The van der Waals surface area contributed by atoms with Crippen LogP contribution in [0, 0.1) is 0 Å². The van der Waals surface area contributed by atoms with Gasteiger partial charge in [0.1, 0.15) is 5.82 Å². The zero-order chi connectivity index (χ0) is 16.9. The Morgan fingerprint density at radius 3 is 2.92 bits per heavy atom. The molecule has 0 spiro atoms. The molecule has 5 nitrogen and oxygen atoms in total. The maximum absolute atomic E-state index is 12.3. The summed E-state index contributed by atoms with van der Waals surface area (Å²) in [6, 6.07) is 8.25. The standard InChI is InChI=1S/C18H23BrN4O/c1-2-3-4-8-18(24)22-9-10-23-16(20-21-17(23)13-22)12-14-6-5-7-15(19)11-14/h5-7,11H,2-4,8-10,12-13H2,1H3. The van der Waals surface area contributed by atoms with Crippen molar-refractivity contribution < 1.29 is 4.79 Å². The third kappa shape index (κ3) is 4.04. The lowest BCUT2D eigenvalue weighted by Crippen LogP contribution is -2.38. The second-order valence-corrected chi connectivity index (χ2v) is 7.18. The van der Waals surface area contributed by atoms with Gasteiger partial charge in [0.15, 0.2) is 5.82 Å². The highest BCUT2D eigenvalue weighted by molar-refractivity contribution is 9.10. The molecule has 2 heterocycles. The molecule has 2 aromatic rings. The molecule has 0 saturated carbocycles. The van der Waals surface area contributed by atoms with Crippen LogP contribution < -0.4 is 0 Å². The highest BCUT2D eigenvalue weighted by atomic mass is 79.9. The van der Waals surface area contributed by atoms with Gasteiger partial charge < -0.3 is 9.47 Å². The van der Waals surface area contributed by atoms with Crippen LogP contribution in [-0.2, 0) is 24.3 Å². The van der Waals surface area contributed by atoms with Gasteiger partial charge in [0.25, 0.3) is 0 Å². The Balaban J connectivity index is 1.65. The molecule has 24 heavy (non-hydrogen) atoms. The summed E-state index contributed by atoms with van der Waals surface area (Å²) < 4.78 is 3.23. The van der Waals surface area contributed by atoms with Crippen molar-refractivity contribution in [1.29, 1.82) is 0 Å². The van der Waals surface area contributed by atoms with Crippen LogP contribution in [0.25, 0.3) is 0 Å². The van der Waals surface area contributed by atoms with Gasteiger partial charge in [-0.05, 0) is 24.1 Å². The molecule has 0 bridgehead atoms. The van der Waals surface area contributed by atoms with Crippen LogP contribution in [0.2, 0.25) is 0 Å². The molecule has 0 fully saturated rings. The van der Waals surface area contributed by atoms with E-state index in [0.717, 1.165) is 54.9 Å². The first kappa shape index (κ1) is 17.1. The zero-order valence-corrected chi connectivity index (χ0v) is 15.6. The Labute approximate surface area is 151 Å². The van der Waals surface area contributed by atoms with Crippen molar-refractivity contribution in [2.24, 2.45) is 0 Å². The Morgan fingerprint density at radius 2 is 2.12 bits per heavy atom. The predicted octanol–water partition coefficient (Wildman–Crippen LogP) is 3.55. The highest BCUT2D eigenvalue weighted by Gasteiger charge is 2.24. The largest absolute Gasteiger partial charge is 0.333 e. The van der Waals surface area contributed by atoms with Gasteiger partial charge in [-0.2, -0.15) is 0 Å². The number of carbonyl (C=O) groups is 1. The first-order chi connectivity index (χ1) is 11.7. The fourth-order valence-corrected chi connectivity index (χ4v) is 3.52. The Hall–Kier alpha value is -1.69. The lowest BCUT2D eigenvalue weighted by molar-refractivity contribution is -0.132. The van der Waals surface area contributed by atoms with Crippen LogP contribution in [0.1, 0.15) is 49.8 Å². The molecule has 1 aliphatic rings. The van der Waals surface area contributed by atoms with Crippen LogP contribution in [0.5, 0.6) is 0 Å². The monoisotopic (exact) mass is 390 g/mol. The van der Waals surface area contributed by atoms with Gasteiger partial charge >= 0.3 is 0 Å².